The summed E-state index contributed by atoms with van der Waals surface area (Å²) < 4.78 is 19.1. The first-order valence-corrected chi connectivity index (χ1v) is 7.58. The minimum Gasteiger partial charge on any atom is -0.507 e. The van der Waals surface area contributed by atoms with Gasteiger partial charge in [0, 0.05) is 5.56 Å². The number of phenolic OH excluding ortho intramolecular Hbond substituents is 1. The molecule has 3 heteroatoms. The molecular weight excluding hydrogens is 267 g/mol. The van der Waals surface area contributed by atoms with Crippen molar-refractivity contribution < 1.29 is 14.2 Å². The molecule has 1 aromatic rings. The fourth-order valence-corrected chi connectivity index (χ4v) is 3.05. The molecule has 1 aliphatic rings. The van der Waals surface area contributed by atoms with E-state index in [1.54, 1.807) is 6.08 Å². The maximum Gasteiger partial charge on any atom is 0.127 e. The molecule has 116 valence electrons. The van der Waals surface area contributed by atoms with Crippen LogP contribution in [-0.2, 0) is 6.42 Å². The highest BCUT2D eigenvalue weighted by Crippen LogP contribution is 2.44. The fraction of sp³-hybridized carbons (Fsp3) is 0.556. The molecule has 0 unspecified atom stereocenters. The SMILES string of the molecule is C/C(F)=C/CC[C@@]1(C)CCc2c(C)c(O)c(C)c(C)c2O1. The van der Waals surface area contributed by atoms with E-state index in [1.807, 2.05) is 20.8 Å². The summed E-state index contributed by atoms with van der Waals surface area (Å²) in [7, 11) is 0. The van der Waals surface area contributed by atoms with E-state index < -0.39 is 0 Å². The molecular formula is C18H25FO2. The minimum atomic E-state index is -0.264. The van der Waals surface area contributed by atoms with Gasteiger partial charge in [-0.3, -0.25) is 0 Å². The van der Waals surface area contributed by atoms with Crippen molar-refractivity contribution in [3.63, 3.8) is 0 Å². The molecule has 0 fully saturated rings. The third-order valence-corrected chi connectivity index (χ3v) is 4.69. The lowest BCUT2D eigenvalue weighted by atomic mass is 9.85. The van der Waals surface area contributed by atoms with Crippen LogP contribution in [0.15, 0.2) is 11.9 Å². The zero-order chi connectivity index (χ0) is 15.8. The predicted molar refractivity (Wildman–Crippen MR) is 83.8 cm³/mol. The van der Waals surface area contributed by atoms with Gasteiger partial charge < -0.3 is 9.84 Å². The van der Waals surface area contributed by atoms with Gasteiger partial charge in [-0.05, 0) is 77.0 Å². The summed E-state index contributed by atoms with van der Waals surface area (Å²) in [4.78, 5) is 0. The van der Waals surface area contributed by atoms with E-state index >= 15 is 0 Å². The Hall–Kier alpha value is -1.51. The summed E-state index contributed by atoms with van der Waals surface area (Å²) in [6.45, 7) is 9.42. The molecule has 0 saturated carbocycles. The molecule has 21 heavy (non-hydrogen) atoms. The summed E-state index contributed by atoms with van der Waals surface area (Å²) in [6, 6.07) is 0. The van der Waals surface area contributed by atoms with Crippen LogP contribution < -0.4 is 4.74 Å². The molecule has 0 aromatic heterocycles. The Morgan fingerprint density at radius 2 is 1.95 bits per heavy atom. The van der Waals surface area contributed by atoms with Gasteiger partial charge in [-0.2, -0.15) is 0 Å². The van der Waals surface area contributed by atoms with E-state index in [2.05, 4.69) is 6.92 Å². The van der Waals surface area contributed by atoms with Gasteiger partial charge >= 0.3 is 0 Å². The number of hydrogen-bond acceptors (Lipinski definition) is 2. The number of aromatic hydroxyl groups is 1. The summed E-state index contributed by atoms with van der Waals surface area (Å²) in [6.07, 6.45) is 4.88. The number of phenols is 1. The lowest BCUT2D eigenvalue weighted by Crippen LogP contribution is -2.37. The topological polar surface area (TPSA) is 29.5 Å². The molecule has 1 aromatic carbocycles. The number of fused-ring (bicyclic) bond motifs is 1. The summed E-state index contributed by atoms with van der Waals surface area (Å²) in [5.74, 6) is 1.16. The number of benzene rings is 1. The van der Waals surface area contributed by atoms with Gasteiger partial charge in [0.1, 0.15) is 17.1 Å². The Labute approximate surface area is 126 Å². The Morgan fingerprint density at radius 1 is 1.29 bits per heavy atom. The van der Waals surface area contributed by atoms with Gasteiger partial charge in [-0.1, -0.05) is 6.08 Å². The number of ether oxygens (including phenoxy) is 1. The average Bonchev–Trinajstić information content (AvgIpc) is 2.42. The molecule has 0 saturated heterocycles. The second kappa shape index (κ2) is 5.70. The average molecular weight is 292 g/mol. The van der Waals surface area contributed by atoms with Gasteiger partial charge in [0.15, 0.2) is 0 Å². The molecule has 0 bridgehead atoms. The first-order valence-electron chi connectivity index (χ1n) is 7.58. The second-order valence-corrected chi connectivity index (χ2v) is 6.41. The van der Waals surface area contributed by atoms with Gasteiger partial charge in [0.2, 0.25) is 0 Å². The second-order valence-electron chi connectivity index (χ2n) is 6.41. The van der Waals surface area contributed by atoms with Crippen LogP contribution in [0.4, 0.5) is 4.39 Å². The van der Waals surface area contributed by atoms with E-state index in [1.165, 1.54) is 6.92 Å². The highest BCUT2D eigenvalue weighted by Gasteiger charge is 2.33. The van der Waals surface area contributed by atoms with Gasteiger partial charge in [-0.25, -0.2) is 4.39 Å². The zero-order valence-electron chi connectivity index (χ0n) is 13.6. The van der Waals surface area contributed by atoms with E-state index in [4.69, 9.17) is 4.74 Å². The smallest absolute Gasteiger partial charge is 0.127 e. The van der Waals surface area contributed by atoms with Crippen molar-refractivity contribution in [3.05, 3.63) is 34.2 Å². The van der Waals surface area contributed by atoms with E-state index in [9.17, 15) is 9.50 Å². The van der Waals surface area contributed by atoms with E-state index in [0.29, 0.717) is 12.2 Å². The van der Waals surface area contributed by atoms with Crippen molar-refractivity contribution in [1.82, 2.24) is 0 Å². The van der Waals surface area contributed by atoms with Gasteiger partial charge in [0.25, 0.3) is 0 Å². The Balaban J connectivity index is 2.30. The monoisotopic (exact) mass is 292 g/mol. The first kappa shape index (κ1) is 15.9. The molecule has 0 spiro atoms. The van der Waals surface area contributed by atoms with Crippen LogP contribution in [0.2, 0.25) is 0 Å². The van der Waals surface area contributed by atoms with Crippen molar-refractivity contribution in [2.75, 3.05) is 0 Å². The maximum absolute atomic E-state index is 12.8. The molecule has 1 atom stereocenters. The van der Waals surface area contributed by atoms with Crippen molar-refractivity contribution in [2.45, 2.75) is 65.9 Å². The Morgan fingerprint density at radius 3 is 2.57 bits per heavy atom. The van der Waals surface area contributed by atoms with Crippen molar-refractivity contribution in [2.24, 2.45) is 0 Å². The van der Waals surface area contributed by atoms with Crippen molar-refractivity contribution in [1.29, 1.82) is 0 Å². The molecule has 0 amide bonds. The summed E-state index contributed by atoms with van der Waals surface area (Å²) in [5.41, 5.74) is 3.67. The largest absolute Gasteiger partial charge is 0.507 e. The van der Waals surface area contributed by atoms with Crippen LogP contribution in [0.25, 0.3) is 0 Å². The van der Waals surface area contributed by atoms with Crippen LogP contribution in [0.5, 0.6) is 11.5 Å². The van der Waals surface area contributed by atoms with Crippen LogP contribution in [-0.4, -0.2) is 10.7 Å². The summed E-state index contributed by atoms with van der Waals surface area (Å²) in [5, 5.41) is 10.2. The predicted octanol–water partition coefficient (Wildman–Crippen LogP) is 5.05. The normalized spacial score (nSPS) is 21.9. The van der Waals surface area contributed by atoms with Gasteiger partial charge in [-0.15, -0.1) is 0 Å². The standard InChI is InChI=1S/C18H25FO2/c1-11(19)7-6-9-18(5)10-8-15-14(4)16(20)12(2)13(3)17(15)21-18/h7,20H,6,8-10H2,1-5H3/b11-7-/t18-/m0/s1. The van der Waals surface area contributed by atoms with Gasteiger partial charge in [0.05, 0.1) is 5.83 Å². The molecule has 1 heterocycles. The molecule has 0 radical (unpaired) electrons. The highest BCUT2D eigenvalue weighted by atomic mass is 19.1. The van der Waals surface area contributed by atoms with E-state index in [0.717, 1.165) is 47.3 Å². The third-order valence-electron chi connectivity index (χ3n) is 4.69. The summed E-state index contributed by atoms with van der Waals surface area (Å²) >= 11 is 0. The zero-order valence-corrected chi connectivity index (χ0v) is 13.6. The number of halogens is 1. The number of hydrogen-bond donors (Lipinski definition) is 1. The van der Waals surface area contributed by atoms with Crippen LogP contribution >= 0.6 is 0 Å². The first-order chi connectivity index (χ1) is 9.75. The minimum absolute atomic E-state index is 0.136. The molecule has 2 nitrogen and oxygen atoms in total. The number of allylic oxidation sites excluding steroid dienone is 2. The van der Waals surface area contributed by atoms with Crippen LogP contribution in [0.3, 0.4) is 0 Å². The Bertz CT molecular complexity index is 586. The number of rotatable bonds is 3. The van der Waals surface area contributed by atoms with Crippen molar-refractivity contribution >= 4 is 0 Å². The molecule has 1 N–H and O–H groups in total. The lowest BCUT2D eigenvalue weighted by molar-refractivity contribution is 0.0558. The third kappa shape index (κ3) is 3.07. The van der Waals surface area contributed by atoms with E-state index in [-0.39, 0.29) is 11.4 Å². The van der Waals surface area contributed by atoms with Crippen LogP contribution in [0, 0.1) is 20.8 Å². The quantitative estimate of drug-likeness (QED) is 0.844. The lowest BCUT2D eigenvalue weighted by Gasteiger charge is -2.38. The highest BCUT2D eigenvalue weighted by molar-refractivity contribution is 5.58. The fourth-order valence-electron chi connectivity index (χ4n) is 3.05. The Kier molecular flexibility index (Phi) is 4.31. The molecule has 2 rings (SSSR count). The molecule has 0 aliphatic carbocycles. The maximum atomic E-state index is 12.8. The molecule has 1 aliphatic heterocycles. The van der Waals surface area contributed by atoms with Crippen molar-refractivity contribution in [3.8, 4) is 11.5 Å². The van der Waals surface area contributed by atoms with Crippen LogP contribution in [0.1, 0.15) is 55.4 Å².